The van der Waals surface area contributed by atoms with Gasteiger partial charge in [0.05, 0.1) is 0 Å². The Bertz CT molecular complexity index is 1310. The zero-order valence-electron chi connectivity index (χ0n) is 19.4. The first kappa shape index (κ1) is 21.4. The van der Waals surface area contributed by atoms with E-state index in [9.17, 15) is 0 Å². The molecule has 0 atom stereocenters. The van der Waals surface area contributed by atoms with Gasteiger partial charge < -0.3 is 0 Å². The van der Waals surface area contributed by atoms with Crippen LogP contribution in [0.5, 0.6) is 0 Å². The molecule has 4 aromatic carbocycles. The Labute approximate surface area is 204 Å². The standard InChI is InChI=1S/C28H30N3PSe/c1-29-25-17-15-21-11-5-7-13-23(21)27(25)28-24-14-8-6-12-22(24)16-18-26(28)30(2)32(29,33)31-19-9-3-4-10-20-31/h5-8,11-18H,3-4,9-10,19-20H2,1-2H3. The van der Waals surface area contributed by atoms with Gasteiger partial charge in [0.1, 0.15) is 0 Å². The third-order valence-electron chi connectivity index (χ3n) is 7.49. The van der Waals surface area contributed by atoms with E-state index in [-0.39, 0.29) is 0 Å². The van der Waals surface area contributed by atoms with Gasteiger partial charge in [-0.15, -0.1) is 0 Å². The third kappa shape index (κ3) is 3.23. The van der Waals surface area contributed by atoms with Gasteiger partial charge in [-0.25, -0.2) is 0 Å². The fourth-order valence-electron chi connectivity index (χ4n) is 5.76. The molecule has 4 aromatic rings. The zero-order chi connectivity index (χ0) is 22.6. The van der Waals surface area contributed by atoms with Crippen molar-refractivity contribution < 1.29 is 0 Å². The van der Waals surface area contributed by atoms with Gasteiger partial charge in [-0.3, -0.25) is 0 Å². The van der Waals surface area contributed by atoms with Crippen molar-refractivity contribution in [2.75, 3.05) is 36.5 Å². The Morgan fingerprint density at radius 1 is 0.606 bits per heavy atom. The molecule has 2 aliphatic rings. The summed E-state index contributed by atoms with van der Waals surface area (Å²) in [5, 5.41) is 5.26. The van der Waals surface area contributed by atoms with Crippen molar-refractivity contribution >= 4 is 54.0 Å². The van der Waals surface area contributed by atoms with Crippen LogP contribution < -0.4 is 9.34 Å². The second-order valence-electron chi connectivity index (χ2n) is 9.29. The Balaban J connectivity index is 1.74. The molecule has 5 heteroatoms. The molecule has 0 radical (unpaired) electrons. The molecule has 0 N–H and O–H groups in total. The molecular weight excluding hydrogens is 488 g/mol. The van der Waals surface area contributed by atoms with Crippen LogP contribution in [0, 0.1) is 0 Å². The molecule has 6 rings (SSSR count). The molecule has 1 saturated heterocycles. The quantitative estimate of drug-likeness (QED) is 0.194. The number of anilines is 2. The molecule has 2 aliphatic heterocycles. The van der Waals surface area contributed by atoms with Crippen LogP contribution >= 0.6 is 5.96 Å². The molecule has 0 bridgehead atoms. The number of hydrogen-bond donors (Lipinski definition) is 0. The molecule has 0 aromatic heterocycles. The predicted molar refractivity (Wildman–Crippen MR) is 146 cm³/mol. The first-order chi connectivity index (χ1) is 16.1. The molecule has 3 nitrogen and oxygen atoms in total. The molecule has 1 fully saturated rings. The number of benzene rings is 4. The van der Waals surface area contributed by atoms with Crippen LogP contribution in [0.15, 0.2) is 72.8 Å². The first-order valence-electron chi connectivity index (χ1n) is 12.0. The summed E-state index contributed by atoms with van der Waals surface area (Å²) in [5.41, 5.74) is 5.38. The molecule has 0 spiro atoms. The van der Waals surface area contributed by atoms with Gasteiger partial charge in [0, 0.05) is 0 Å². The van der Waals surface area contributed by atoms with E-state index in [0.29, 0.717) is 0 Å². The first-order valence-corrected chi connectivity index (χ1v) is 15.8. The molecule has 0 unspecified atom stereocenters. The summed E-state index contributed by atoms with van der Waals surface area (Å²) in [5.74, 6) is -1.94. The molecule has 168 valence electrons. The van der Waals surface area contributed by atoms with E-state index in [1.54, 1.807) is 0 Å². The molecule has 0 saturated carbocycles. The topological polar surface area (TPSA) is 9.72 Å². The minimum absolute atomic E-state index is 1.15. The van der Waals surface area contributed by atoms with Crippen molar-refractivity contribution in [2.45, 2.75) is 25.7 Å². The Kier molecular flexibility index (Phi) is 5.39. The van der Waals surface area contributed by atoms with Gasteiger partial charge >= 0.3 is 205 Å². The SMILES string of the molecule is CN1c2ccc3ccccc3c2-c2c(ccc3ccccc23)N(C)P1(=[Se])N1CCCCCC1. The third-order valence-corrected chi connectivity index (χ3v) is 15.2. The van der Waals surface area contributed by atoms with Gasteiger partial charge in [-0.2, -0.15) is 0 Å². The second-order valence-corrected chi connectivity index (χ2v) is 15.2. The van der Waals surface area contributed by atoms with Crippen LogP contribution in [0.25, 0.3) is 32.7 Å². The van der Waals surface area contributed by atoms with Crippen molar-refractivity contribution in [3.05, 3.63) is 72.8 Å². The van der Waals surface area contributed by atoms with E-state index in [1.165, 1.54) is 69.7 Å². The van der Waals surface area contributed by atoms with E-state index in [2.05, 4.69) is 116 Å². The minimum atomic E-state index is -1.94. The van der Waals surface area contributed by atoms with E-state index in [0.717, 1.165) is 13.1 Å². The van der Waals surface area contributed by atoms with Crippen LogP contribution in [-0.4, -0.2) is 47.0 Å². The Morgan fingerprint density at radius 3 is 1.55 bits per heavy atom. The number of nitrogens with zero attached hydrogens (tertiary/aromatic N) is 3. The van der Waals surface area contributed by atoms with E-state index >= 15 is 0 Å². The normalized spacial score (nSPS) is 18.6. The van der Waals surface area contributed by atoms with Crippen molar-refractivity contribution in [2.24, 2.45) is 0 Å². The summed E-state index contributed by atoms with van der Waals surface area (Å²) in [6, 6.07) is 27.0. The van der Waals surface area contributed by atoms with Crippen LogP contribution in [0.3, 0.4) is 0 Å². The number of hydrogen-bond acceptors (Lipinski definition) is 3. The number of fused-ring (bicyclic) bond motifs is 7. The average molecular weight is 519 g/mol. The monoisotopic (exact) mass is 519 g/mol. The summed E-state index contributed by atoms with van der Waals surface area (Å²) < 4.78 is 7.95. The van der Waals surface area contributed by atoms with Gasteiger partial charge in [-0.1, -0.05) is 0 Å². The van der Waals surface area contributed by atoms with Crippen molar-refractivity contribution in [3.8, 4) is 11.1 Å². The predicted octanol–water partition coefficient (Wildman–Crippen LogP) is 7.27. The molecule has 2 heterocycles. The van der Waals surface area contributed by atoms with Crippen molar-refractivity contribution in [3.63, 3.8) is 0 Å². The maximum atomic E-state index is 3.80. The van der Waals surface area contributed by atoms with Crippen molar-refractivity contribution in [1.29, 1.82) is 0 Å². The van der Waals surface area contributed by atoms with Gasteiger partial charge in [0.15, 0.2) is 0 Å². The summed E-state index contributed by atoms with van der Waals surface area (Å²) in [6.45, 7) is 2.31. The van der Waals surface area contributed by atoms with Gasteiger partial charge in [0.2, 0.25) is 0 Å². The van der Waals surface area contributed by atoms with Gasteiger partial charge in [0.25, 0.3) is 0 Å². The fourth-order valence-corrected chi connectivity index (χ4v) is 10.8. The summed E-state index contributed by atoms with van der Waals surface area (Å²) in [7, 11) is 4.63. The summed E-state index contributed by atoms with van der Waals surface area (Å²) >= 11 is 3.80. The van der Waals surface area contributed by atoms with Crippen LogP contribution in [0.2, 0.25) is 0 Å². The van der Waals surface area contributed by atoms with E-state index in [4.69, 9.17) is 0 Å². The van der Waals surface area contributed by atoms with E-state index < -0.39 is 5.96 Å². The maximum absolute atomic E-state index is 3.80. The number of rotatable bonds is 1. The zero-order valence-corrected chi connectivity index (χ0v) is 22.0. The summed E-state index contributed by atoms with van der Waals surface area (Å²) in [4.78, 5) is 0. The average Bonchev–Trinajstić information content (AvgIpc) is 3.18. The van der Waals surface area contributed by atoms with Crippen molar-refractivity contribution in [1.82, 2.24) is 4.67 Å². The Hall–Kier alpha value is -2.09. The van der Waals surface area contributed by atoms with E-state index in [1.807, 2.05) is 0 Å². The van der Waals surface area contributed by atoms with Crippen LogP contribution in [0.4, 0.5) is 11.4 Å². The summed E-state index contributed by atoms with van der Waals surface area (Å²) in [6.07, 6.45) is 5.24. The van der Waals surface area contributed by atoms with Crippen LogP contribution in [-0.2, 0) is 0 Å². The van der Waals surface area contributed by atoms with Gasteiger partial charge in [-0.05, 0) is 0 Å². The molecule has 0 amide bonds. The molecule has 0 aliphatic carbocycles. The second kappa shape index (κ2) is 8.29. The molecular formula is C28H30N3PSe. The van der Waals surface area contributed by atoms with Crippen LogP contribution in [0.1, 0.15) is 25.7 Å². The molecule has 33 heavy (non-hydrogen) atoms. The Morgan fingerprint density at radius 2 is 1.06 bits per heavy atom. The fraction of sp³-hybridized carbons (Fsp3) is 0.286.